The zero-order valence-electron chi connectivity index (χ0n) is 15.5. The highest BCUT2D eigenvalue weighted by Gasteiger charge is 2.22. The summed E-state index contributed by atoms with van der Waals surface area (Å²) in [4.78, 5) is 3.99. The Bertz CT molecular complexity index is 729. The lowest BCUT2D eigenvalue weighted by Gasteiger charge is -2.34. The highest BCUT2D eigenvalue weighted by atomic mass is 79.9. The molecule has 0 spiro atoms. The van der Waals surface area contributed by atoms with Crippen molar-refractivity contribution in [2.45, 2.75) is 6.54 Å². The lowest BCUT2D eigenvalue weighted by molar-refractivity contribution is -0.914. The number of piperazine rings is 1. The van der Waals surface area contributed by atoms with E-state index in [0.29, 0.717) is 0 Å². The summed E-state index contributed by atoms with van der Waals surface area (Å²) in [7, 11) is 5.11. The lowest BCUT2D eigenvalue weighted by atomic mass is 10.1. The van der Waals surface area contributed by atoms with E-state index in [1.165, 1.54) is 11.3 Å². The Morgan fingerprint density at radius 3 is 2.15 bits per heavy atom. The van der Waals surface area contributed by atoms with E-state index in [0.717, 1.165) is 54.4 Å². The Kier molecular flexibility index (Phi) is 6.27. The number of rotatable bonds is 6. The second-order valence-electron chi connectivity index (χ2n) is 6.41. The number of quaternary nitrogens is 1. The predicted molar refractivity (Wildman–Crippen MR) is 107 cm³/mol. The van der Waals surface area contributed by atoms with Crippen molar-refractivity contribution < 1.29 is 19.1 Å². The summed E-state index contributed by atoms with van der Waals surface area (Å²) in [5, 5.41) is 0. The normalized spacial score (nSPS) is 15.0. The summed E-state index contributed by atoms with van der Waals surface area (Å²) >= 11 is 3.52. The second kappa shape index (κ2) is 8.64. The molecule has 0 saturated carbocycles. The van der Waals surface area contributed by atoms with Crippen molar-refractivity contribution in [3.8, 4) is 17.2 Å². The van der Waals surface area contributed by atoms with Crippen molar-refractivity contribution in [3.63, 3.8) is 0 Å². The number of methoxy groups -OCH3 is 3. The van der Waals surface area contributed by atoms with Crippen molar-refractivity contribution in [3.05, 3.63) is 46.4 Å². The van der Waals surface area contributed by atoms with Gasteiger partial charge in [0, 0.05) is 5.69 Å². The molecule has 0 radical (unpaired) electrons. The van der Waals surface area contributed by atoms with Gasteiger partial charge in [0.05, 0.1) is 57.5 Å². The predicted octanol–water partition coefficient (Wildman–Crippen LogP) is 2.38. The van der Waals surface area contributed by atoms with E-state index in [1.54, 1.807) is 26.2 Å². The number of hydrogen-bond acceptors (Lipinski definition) is 4. The van der Waals surface area contributed by atoms with Crippen LogP contribution in [0.2, 0.25) is 0 Å². The molecular formula is C20H26BrN2O3+. The Labute approximate surface area is 163 Å². The van der Waals surface area contributed by atoms with Crippen LogP contribution in [0.1, 0.15) is 5.56 Å². The Hall–Kier alpha value is -1.92. The average molecular weight is 422 g/mol. The van der Waals surface area contributed by atoms with Crippen LogP contribution in [-0.4, -0.2) is 47.5 Å². The van der Waals surface area contributed by atoms with Crippen molar-refractivity contribution in [1.82, 2.24) is 0 Å². The van der Waals surface area contributed by atoms with E-state index in [9.17, 15) is 0 Å². The van der Waals surface area contributed by atoms with Crippen LogP contribution in [0.25, 0.3) is 0 Å². The molecule has 26 heavy (non-hydrogen) atoms. The van der Waals surface area contributed by atoms with E-state index in [1.807, 2.05) is 18.2 Å². The van der Waals surface area contributed by atoms with Crippen molar-refractivity contribution in [1.29, 1.82) is 0 Å². The summed E-state index contributed by atoms with van der Waals surface area (Å²) in [6, 6.07) is 12.4. The van der Waals surface area contributed by atoms with Gasteiger partial charge in [-0.15, -0.1) is 0 Å². The molecule has 0 bridgehead atoms. The van der Waals surface area contributed by atoms with Gasteiger partial charge < -0.3 is 24.0 Å². The quantitative estimate of drug-likeness (QED) is 0.776. The number of nitrogens with zero attached hydrogens (tertiary/aromatic N) is 1. The maximum absolute atomic E-state index is 5.56. The Morgan fingerprint density at radius 1 is 0.923 bits per heavy atom. The standard InChI is InChI=1S/C20H25BrN2O3/c1-24-17-6-4-16(5-7-17)23-10-8-22(9-11-23)14-15-12-20(26-3)18(21)13-19(15)25-2/h4-7,12-13H,8-11,14H2,1-3H3/p+1. The van der Waals surface area contributed by atoms with Gasteiger partial charge in [-0.05, 0) is 52.3 Å². The minimum atomic E-state index is 0.845. The number of hydrogen-bond donors (Lipinski definition) is 1. The first kappa shape index (κ1) is 18.9. The van der Waals surface area contributed by atoms with Gasteiger partial charge in [0.15, 0.2) is 0 Å². The molecule has 2 aromatic carbocycles. The summed E-state index contributed by atoms with van der Waals surface area (Å²) in [6.45, 7) is 5.19. The molecule has 1 aliphatic rings. The molecule has 2 aromatic rings. The molecule has 1 fully saturated rings. The van der Waals surface area contributed by atoms with Crippen LogP contribution < -0.4 is 24.0 Å². The molecule has 1 saturated heterocycles. The smallest absolute Gasteiger partial charge is 0.133 e. The number of ether oxygens (including phenoxy) is 3. The molecule has 0 amide bonds. The Balaban J connectivity index is 1.63. The Morgan fingerprint density at radius 2 is 1.58 bits per heavy atom. The summed E-state index contributed by atoms with van der Waals surface area (Å²) in [6.07, 6.45) is 0. The average Bonchev–Trinajstić information content (AvgIpc) is 2.69. The molecule has 0 atom stereocenters. The fraction of sp³-hybridized carbons (Fsp3) is 0.400. The van der Waals surface area contributed by atoms with Crippen LogP contribution in [0.15, 0.2) is 40.9 Å². The molecule has 140 valence electrons. The highest BCUT2D eigenvalue weighted by Crippen LogP contribution is 2.32. The number of nitrogens with one attached hydrogen (secondary N) is 1. The van der Waals surface area contributed by atoms with Gasteiger partial charge in [0.2, 0.25) is 0 Å². The fourth-order valence-electron chi connectivity index (χ4n) is 3.38. The van der Waals surface area contributed by atoms with E-state index in [-0.39, 0.29) is 0 Å². The molecule has 0 aliphatic carbocycles. The minimum absolute atomic E-state index is 0.845. The third-order valence-corrected chi connectivity index (χ3v) is 5.52. The van der Waals surface area contributed by atoms with Crippen LogP contribution in [0.4, 0.5) is 5.69 Å². The first-order valence-corrected chi connectivity index (χ1v) is 9.57. The molecule has 0 aromatic heterocycles. The second-order valence-corrected chi connectivity index (χ2v) is 7.26. The van der Waals surface area contributed by atoms with Crippen molar-refractivity contribution >= 4 is 21.6 Å². The molecule has 1 N–H and O–H groups in total. The molecule has 1 heterocycles. The number of halogens is 1. The zero-order valence-corrected chi connectivity index (χ0v) is 17.1. The van der Waals surface area contributed by atoms with Gasteiger partial charge in [-0.3, -0.25) is 0 Å². The zero-order chi connectivity index (χ0) is 18.5. The largest absolute Gasteiger partial charge is 0.497 e. The summed E-state index contributed by atoms with van der Waals surface area (Å²) in [5.41, 5.74) is 2.44. The number of anilines is 1. The van der Waals surface area contributed by atoms with E-state index in [2.05, 4.69) is 39.0 Å². The van der Waals surface area contributed by atoms with Crippen LogP contribution in [-0.2, 0) is 6.54 Å². The summed E-state index contributed by atoms with van der Waals surface area (Å²) in [5.74, 6) is 2.65. The van der Waals surface area contributed by atoms with Crippen LogP contribution in [0.5, 0.6) is 17.2 Å². The maximum atomic E-state index is 5.56. The molecule has 0 unspecified atom stereocenters. The monoisotopic (exact) mass is 421 g/mol. The SMILES string of the molecule is COc1ccc(N2CC[NH+](Cc3cc(OC)c(Br)cc3OC)CC2)cc1. The summed E-state index contributed by atoms with van der Waals surface area (Å²) < 4.78 is 17.2. The van der Waals surface area contributed by atoms with Gasteiger partial charge in [-0.25, -0.2) is 0 Å². The first-order valence-electron chi connectivity index (χ1n) is 8.77. The highest BCUT2D eigenvalue weighted by molar-refractivity contribution is 9.10. The van der Waals surface area contributed by atoms with Gasteiger partial charge in [0.1, 0.15) is 23.8 Å². The molecule has 5 nitrogen and oxygen atoms in total. The van der Waals surface area contributed by atoms with Crippen LogP contribution in [0, 0.1) is 0 Å². The molecular weight excluding hydrogens is 396 g/mol. The van der Waals surface area contributed by atoms with Crippen LogP contribution in [0.3, 0.4) is 0 Å². The maximum Gasteiger partial charge on any atom is 0.133 e. The van der Waals surface area contributed by atoms with Gasteiger partial charge in [-0.1, -0.05) is 0 Å². The van der Waals surface area contributed by atoms with E-state index in [4.69, 9.17) is 14.2 Å². The van der Waals surface area contributed by atoms with E-state index < -0.39 is 0 Å². The van der Waals surface area contributed by atoms with Crippen molar-refractivity contribution in [2.75, 3.05) is 52.4 Å². The molecule has 1 aliphatic heterocycles. The molecule has 6 heteroatoms. The van der Waals surface area contributed by atoms with Gasteiger partial charge in [0.25, 0.3) is 0 Å². The topological polar surface area (TPSA) is 35.4 Å². The third-order valence-electron chi connectivity index (χ3n) is 4.90. The van der Waals surface area contributed by atoms with Gasteiger partial charge in [-0.2, -0.15) is 0 Å². The minimum Gasteiger partial charge on any atom is -0.497 e. The van der Waals surface area contributed by atoms with E-state index >= 15 is 0 Å². The van der Waals surface area contributed by atoms with Gasteiger partial charge >= 0.3 is 0 Å². The molecule has 3 rings (SSSR count). The first-order chi connectivity index (χ1) is 12.6. The van der Waals surface area contributed by atoms with Crippen LogP contribution >= 0.6 is 15.9 Å². The third kappa shape index (κ3) is 4.24. The van der Waals surface area contributed by atoms with Crippen molar-refractivity contribution in [2.24, 2.45) is 0 Å². The number of benzene rings is 2. The lowest BCUT2D eigenvalue weighted by Crippen LogP contribution is -3.13. The fourth-order valence-corrected chi connectivity index (χ4v) is 3.87.